The number of halogens is 1. The number of benzene rings is 2. The Morgan fingerprint density at radius 1 is 1.00 bits per heavy atom. The van der Waals surface area contributed by atoms with Crippen LogP contribution < -0.4 is 10.1 Å². The van der Waals surface area contributed by atoms with Gasteiger partial charge in [-0.05, 0) is 35.9 Å². The number of amides is 1. The molecule has 0 aromatic heterocycles. The maximum absolute atomic E-state index is 10.7. The third-order valence-corrected chi connectivity index (χ3v) is 2.15. The van der Waals surface area contributed by atoms with E-state index in [1.807, 2.05) is 30.3 Å². The van der Waals surface area contributed by atoms with Crippen LogP contribution in [0.4, 0.5) is 10.5 Å². The van der Waals surface area contributed by atoms with Gasteiger partial charge in [0.15, 0.2) is 0 Å². The van der Waals surface area contributed by atoms with Crippen molar-refractivity contribution in [2.24, 2.45) is 0 Å². The molecule has 0 heterocycles. The van der Waals surface area contributed by atoms with Crippen molar-refractivity contribution in [2.75, 3.05) is 5.32 Å². The van der Waals surface area contributed by atoms with Crippen molar-refractivity contribution in [3.8, 4) is 11.5 Å². The second-order valence-electron chi connectivity index (χ2n) is 3.34. The zero-order valence-electron chi connectivity index (χ0n) is 8.89. The Labute approximate surface area is 104 Å². The van der Waals surface area contributed by atoms with Gasteiger partial charge in [-0.25, -0.2) is 0 Å². The van der Waals surface area contributed by atoms with Crippen LogP contribution >= 0.6 is 11.6 Å². The summed E-state index contributed by atoms with van der Waals surface area (Å²) in [6.45, 7) is 0. The SMILES string of the molecule is O=C(Cl)Nc1cccc(Oc2ccccc2)c1. The quantitative estimate of drug-likeness (QED) is 0.650. The van der Waals surface area contributed by atoms with Crippen LogP contribution in [0.5, 0.6) is 11.5 Å². The van der Waals surface area contributed by atoms with E-state index in [1.54, 1.807) is 24.3 Å². The molecule has 0 fully saturated rings. The Morgan fingerprint density at radius 3 is 2.41 bits per heavy atom. The lowest BCUT2D eigenvalue weighted by molar-refractivity contribution is 0.269. The summed E-state index contributed by atoms with van der Waals surface area (Å²) < 4.78 is 5.61. The Balaban J connectivity index is 2.14. The van der Waals surface area contributed by atoms with Crippen LogP contribution in [-0.4, -0.2) is 5.37 Å². The zero-order chi connectivity index (χ0) is 12.1. The van der Waals surface area contributed by atoms with Crippen molar-refractivity contribution in [1.29, 1.82) is 0 Å². The minimum atomic E-state index is -0.623. The number of ether oxygens (including phenoxy) is 1. The van der Waals surface area contributed by atoms with Gasteiger partial charge in [0.1, 0.15) is 11.5 Å². The maximum atomic E-state index is 10.7. The minimum absolute atomic E-state index is 0.596. The number of hydrogen-bond donors (Lipinski definition) is 1. The number of para-hydroxylation sites is 1. The van der Waals surface area contributed by atoms with Crippen LogP contribution in [0.15, 0.2) is 54.6 Å². The molecule has 2 rings (SSSR count). The fraction of sp³-hybridized carbons (Fsp3) is 0. The van der Waals surface area contributed by atoms with Gasteiger partial charge < -0.3 is 10.1 Å². The van der Waals surface area contributed by atoms with Crippen LogP contribution in [0, 0.1) is 0 Å². The van der Waals surface area contributed by atoms with Crippen LogP contribution in [0.1, 0.15) is 0 Å². The molecule has 2 aromatic rings. The van der Waals surface area contributed by atoms with Gasteiger partial charge in [0.05, 0.1) is 0 Å². The van der Waals surface area contributed by atoms with Crippen molar-refractivity contribution in [3.05, 3.63) is 54.6 Å². The molecule has 4 heteroatoms. The first kappa shape index (κ1) is 11.5. The molecule has 1 N–H and O–H groups in total. The number of rotatable bonds is 3. The van der Waals surface area contributed by atoms with Gasteiger partial charge in [0, 0.05) is 11.8 Å². The molecule has 86 valence electrons. The number of carbonyl (C=O) groups excluding carboxylic acids is 1. The summed E-state index contributed by atoms with van der Waals surface area (Å²) in [6.07, 6.45) is 0. The molecule has 0 bridgehead atoms. The third kappa shape index (κ3) is 3.50. The van der Waals surface area contributed by atoms with Crippen LogP contribution in [0.3, 0.4) is 0 Å². The van der Waals surface area contributed by atoms with E-state index in [-0.39, 0.29) is 0 Å². The highest BCUT2D eigenvalue weighted by molar-refractivity contribution is 6.65. The van der Waals surface area contributed by atoms with E-state index < -0.39 is 5.37 Å². The van der Waals surface area contributed by atoms with Crippen molar-refractivity contribution < 1.29 is 9.53 Å². The first-order valence-corrected chi connectivity index (χ1v) is 5.41. The van der Waals surface area contributed by atoms with Gasteiger partial charge in [0.25, 0.3) is 0 Å². The molecule has 17 heavy (non-hydrogen) atoms. The number of hydrogen-bond acceptors (Lipinski definition) is 2. The van der Waals surface area contributed by atoms with Crippen molar-refractivity contribution in [3.63, 3.8) is 0 Å². The Hall–Kier alpha value is -2.00. The second-order valence-corrected chi connectivity index (χ2v) is 3.68. The highest BCUT2D eigenvalue weighted by atomic mass is 35.5. The molecule has 0 aliphatic carbocycles. The normalized spacial score (nSPS) is 9.71. The molecule has 1 amide bonds. The summed E-state index contributed by atoms with van der Waals surface area (Å²) in [6, 6.07) is 16.4. The summed E-state index contributed by atoms with van der Waals surface area (Å²) in [5.41, 5.74) is 0.596. The summed E-state index contributed by atoms with van der Waals surface area (Å²) in [4.78, 5) is 10.7. The van der Waals surface area contributed by atoms with Gasteiger partial charge in [0.2, 0.25) is 0 Å². The average Bonchev–Trinajstić information content (AvgIpc) is 2.30. The van der Waals surface area contributed by atoms with Crippen molar-refractivity contribution in [1.82, 2.24) is 0 Å². The summed E-state index contributed by atoms with van der Waals surface area (Å²) in [5.74, 6) is 1.38. The third-order valence-electron chi connectivity index (χ3n) is 2.06. The molecule has 0 radical (unpaired) electrons. The lowest BCUT2D eigenvalue weighted by Gasteiger charge is -2.07. The fourth-order valence-electron chi connectivity index (χ4n) is 1.38. The van der Waals surface area contributed by atoms with E-state index in [4.69, 9.17) is 16.3 Å². The molecule has 0 saturated carbocycles. The molecule has 2 aromatic carbocycles. The summed E-state index contributed by atoms with van der Waals surface area (Å²) in [5, 5.41) is 1.85. The van der Waals surface area contributed by atoms with E-state index in [0.717, 1.165) is 5.75 Å². The Kier molecular flexibility index (Phi) is 3.62. The molecule has 0 unspecified atom stereocenters. The fourth-order valence-corrected chi connectivity index (χ4v) is 1.48. The predicted molar refractivity (Wildman–Crippen MR) is 67.8 cm³/mol. The molecular formula is C13H10ClNO2. The minimum Gasteiger partial charge on any atom is -0.457 e. The molecule has 0 atom stereocenters. The molecule has 0 aliphatic heterocycles. The largest absolute Gasteiger partial charge is 0.457 e. The zero-order valence-corrected chi connectivity index (χ0v) is 9.65. The van der Waals surface area contributed by atoms with Crippen LogP contribution in [0.25, 0.3) is 0 Å². The Bertz CT molecular complexity index is 514. The van der Waals surface area contributed by atoms with E-state index in [1.165, 1.54) is 0 Å². The Morgan fingerprint density at radius 2 is 1.71 bits per heavy atom. The number of carbonyl (C=O) groups is 1. The topological polar surface area (TPSA) is 38.3 Å². The first-order valence-electron chi connectivity index (χ1n) is 5.03. The summed E-state index contributed by atoms with van der Waals surface area (Å²) >= 11 is 5.23. The molecule has 0 spiro atoms. The van der Waals surface area contributed by atoms with E-state index in [0.29, 0.717) is 11.4 Å². The van der Waals surface area contributed by atoms with Crippen molar-refractivity contribution >= 4 is 22.7 Å². The standard InChI is InChI=1S/C13H10ClNO2/c14-13(16)15-10-5-4-8-12(9-10)17-11-6-2-1-3-7-11/h1-9H,(H,15,16). The molecule has 0 saturated heterocycles. The molecule has 0 aliphatic rings. The lowest BCUT2D eigenvalue weighted by Crippen LogP contribution is -2.00. The number of nitrogens with one attached hydrogen (secondary N) is 1. The summed E-state index contributed by atoms with van der Waals surface area (Å²) in [7, 11) is 0. The van der Waals surface area contributed by atoms with Gasteiger partial charge in [-0.3, -0.25) is 4.79 Å². The first-order chi connectivity index (χ1) is 8.24. The highest BCUT2D eigenvalue weighted by Gasteiger charge is 2.00. The second kappa shape index (κ2) is 5.37. The van der Waals surface area contributed by atoms with E-state index in [9.17, 15) is 4.79 Å². The van der Waals surface area contributed by atoms with Gasteiger partial charge in [-0.1, -0.05) is 24.3 Å². The van der Waals surface area contributed by atoms with E-state index >= 15 is 0 Å². The maximum Gasteiger partial charge on any atom is 0.318 e. The van der Waals surface area contributed by atoms with E-state index in [2.05, 4.69) is 5.32 Å². The van der Waals surface area contributed by atoms with Gasteiger partial charge in [-0.2, -0.15) is 0 Å². The van der Waals surface area contributed by atoms with Gasteiger partial charge in [-0.15, -0.1) is 0 Å². The molecular weight excluding hydrogens is 238 g/mol. The monoisotopic (exact) mass is 247 g/mol. The van der Waals surface area contributed by atoms with Gasteiger partial charge >= 0.3 is 5.37 Å². The highest BCUT2D eigenvalue weighted by Crippen LogP contribution is 2.23. The van der Waals surface area contributed by atoms with Crippen LogP contribution in [0.2, 0.25) is 0 Å². The van der Waals surface area contributed by atoms with Crippen LogP contribution in [-0.2, 0) is 0 Å². The van der Waals surface area contributed by atoms with Crippen molar-refractivity contribution in [2.45, 2.75) is 0 Å². The lowest BCUT2D eigenvalue weighted by atomic mass is 10.3. The average molecular weight is 248 g/mol. The number of anilines is 1. The smallest absolute Gasteiger partial charge is 0.318 e. The predicted octanol–water partition coefficient (Wildman–Crippen LogP) is 4.25. The molecule has 3 nitrogen and oxygen atoms in total.